The molecule has 1 heterocycles. The number of rotatable bonds is 4. The van der Waals surface area contributed by atoms with E-state index < -0.39 is 0 Å². The number of aromatic nitrogens is 1. The number of nitrogens with one attached hydrogen (secondary N) is 2. The second-order valence-electron chi connectivity index (χ2n) is 3.50. The Hall–Kier alpha value is -1.36. The lowest BCUT2D eigenvalue weighted by molar-refractivity contribution is -0.115. The zero-order valence-electron chi connectivity index (χ0n) is 8.04. The minimum atomic E-state index is -0.112. The van der Waals surface area contributed by atoms with Crippen molar-refractivity contribution in [2.45, 2.75) is 25.8 Å². The van der Waals surface area contributed by atoms with E-state index in [2.05, 4.69) is 15.6 Å². The summed E-state index contributed by atoms with van der Waals surface area (Å²) in [5.74, 6) is -0.112. The zero-order valence-corrected chi connectivity index (χ0v) is 8.04. The average Bonchev–Trinajstić information content (AvgIpc) is 2.88. The van der Waals surface area contributed by atoms with Crippen LogP contribution in [0, 0.1) is 6.92 Å². The molecule has 0 aromatic carbocycles. The third kappa shape index (κ3) is 2.56. The van der Waals surface area contributed by atoms with Crippen molar-refractivity contribution in [3.8, 4) is 0 Å². The van der Waals surface area contributed by atoms with E-state index in [1.807, 2.05) is 6.92 Å². The van der Waals surface area contributed by atoms with Crippen LogP contribution in [0.25, 0.3) is 0 Å². The summed E-state index contributed by atoms with van der Waals surface area (Å²) in [6, 6.07) is 0.803. The number of oxazole rings is 1. The highest BCUT2D eigenvalue weighted by atomic mass is 16.4. The second kappa shape index (κ2) is 3.79. The molecule has 0 radical (unpaired) electrons. The fourth-order valence-corrected chi connectivity index (χ4v) is 1.10. The molecular weight excluding hydrogens is 182 g/mol. The first-order valence-electron chi connectivity index (χ1n) is 4.69. The van der Waals surface area contributed by atoms with Crippen molar-refractivity contribution in [1.82, 2.24) is 10.3 Å². The van der Waals surface area contributed by atoms with Gasteiger partial charge in [-0.15, -0.1) is 0 Å². The summed E-state index contributed by atoms with van der Waals surface area (Å²) >= 11 is 0. The Morgan fingerprint density at radius 3 is 3.07 bits per heavy atom. The molecule has 0 unspecified atom stereocenters. The predicted octanol–water partition coefficient (Wildman–Crippen LogP) is 0.674. The highest BCUT2D eigenvalue weighted by Crippen LogP contribution is 2.18. The molecule has 1 saturated carbocycles. The summed E-state index contributed by atoms with van der Waals surface area (Å²) in [6.45, 7) is 2.13. The molecule has 1 aromatic heterocycles. The van der Waals surface area contributed by atoms with Gasteiger partial charge in [-0.05, 0) is 19.8 Å². The molecule has 14 heavy (non-hydrogen) atoms. The molecule has 1 aliphatic rings. The van der Waals surface area contributed by atoms with Gasteiger partial charge >= 0.3 is 6.01 Å². The SMILES string of the molecule is Cc1coc(NC(=O)CNC2CC2)n1. The lowest BCUT2D eigenvalue weighted by atomic mass is 10.5. The summed E-state index contributed by atoms with van der Waals surface area (Å²) in [5, 5.41) is 5.67. The van der Waals surface area contributed by atoms with Gasteiger partial charge in [0.1, 0.15) is 6.26 Å². The monoisotopic (exact) mass is 195 g/mol. The van der Waals surface area contributed by atoms with Crippen molar-refractivity contribution in [1.29, 1.82) is 0 Å². The van der Waals surface area contributed by atoms with Gasteiger partial charge in [-0.3, -0.25) is 10.1 Å². The van der Waals surface area contributed by atoms with Crippen LogP contribution in [-0.2, 0) is 4.79 Å². The van der Waals surface area contributed by atoms with Gasteiger partial charge in [-0.1, -0.05) is 0 Å². The summed E-state index contributed by atoms with van der Waals surface area (Å²) in [7, 11) is 0. The summed E-state index contributed by atoms with van der Waals surface area (Å²) in [6.07, 6.45) is 3.85. The first-order valence-corrected chi connectivity index (χ1v) is 4.69. The van der Waals surface area contributed by atoms with E-state index in [-0.39, 0.29) is 11.9 Å². The molecule has 76 valence electrons. The lowest BCUT2D eigenvalue weighted by Crippen LogP contribution is -2.29. The van der Waals surface area contributed by atoms with Crippen LogP contribution in [-0.4, -0.2) is 23.5 Å². The number of carbonyl (C=O) groups excluding carboxylic acids is 1. The van der Waals surface area contributed by atoms with Crippen molar-refractivity contribution >= 4 is 11.9 Å². The fraction of sp³-hybridized carbons (Fsp3) is 0.556. The largest absolute Gasteiger partial charge is 0.432 e. The van der Waals surface area contributed by atoms with Crippen LogP contribution >= 0.6 is 0 Å². The van der Waals surface area contributed by atoms with Crippen LogP contribution in [0.4, 0.5) is 6.01 Å². The minimum Gasteiger partial charge on any atom is -0.432 e. The van der Waals surface area contributed by atoms with Crippen molar-refractivity contribution in [2.75, 3.05) is 11.9 Å². The predicted molar refractivity (Wildman–Crippen MR) is 50.9 cm³/mol. The smallest absolute Gasteiger partial charge is 0.301 e. The second-order valence-corrected chi connectivity index (χ2v) is 3.50. The van der Waals surface area contributed by atoms with E-state index in [0.29, 0.717) is 12.6 Å². The molecular formula is C9H13N3O2. The third-order valence-electron chi connectivity index (χ3n) is 1.99. The van der Waals surface area contributed by atoms with Crippen molar-refractivity contribution in [2.24, 2.45) is 0 Å². The maximum Gasteiger partial charge on any atom is 0.301 e. The van der Waals surface area contributed by atoms with E-state index in [0.717, 1.165) is 5.69 Å². The summed E-state index contributed by atoms with van der Waals surface area (Å²) in [4.78, 5) is 15.2. The Bertz CT molecular complexity index is 331. The van der Waals surface area contributed by atoms with E-state index in [1.54, 1.807) is 0 Å². The van der Waals surface area contributed by atoms with Crippen LogP contribution in [0.3, 0.4) is 0 Å². The van der Waals surface area contributed by atoms with Crippen LogP contribution in [0.1, 0.15) is 18.5 Å². The van der Waals surface area contributed by atoms with Gasteiger partial charge in [0.2, 0.25) is 5.91 Å². The molecule has 1 aromatic rings. The molecule has 0 spiro atoms. The molecule has 5 heteroatoms. The maximum absolute atomic E-state index is 11.3. The molecule has 0 bridgehead atoms. The van der Waals surface area contributed by atoms with Gasteiger partial charge in [0.05, 0.1) is 12.2 Å². The van der Waals surface area contributed by atoms with Gasteiger partial charge in [0, 0.05) is 6.04 Å². The Balaban J connectivity index is 1.75. The molecule has 0 aliphatic heterocycles. The van der Waals surface area contributed by atoms with Crippen LogP contribution < -0.4 is 10.6 Å². The van der Waals surface area contributed by atoms with Crippen LogP contribution in [0.2, 0.25) is 0 Å². The molecule has 5 nitrogen and oxygen atoms in total. The molecule has 2 rings (SSSR count). The highest BCUT2D eigenvalue weighted by molar-refractivity contribution is 5.90. The standard InChI is InChI=1S/C9H13N3O2/c1-6-5-14-9(11-6)12-8(13)4-10-7-2-3-7/h5,7,10H,2-4H2,1H3,(H,11,12,13). The molecule has 1 aliphatic carbocycles. The maximum atomic E-state index is 11.3. The van der Waals surface area contributed by atoms with E-state index in [9.17, 15) is 4.79 Å². The van der Waals surface area contributed by atoms with Crippen LogP contribution in [0.5, 0.6) is 0 Å². The Labute approximate surface area is 81.9 Å². The summed E-state index contributed by atoms with van der Waals surface area (Å²) in [5.41, 5.74) is 0.760. The molecule has 1 amide bonds. The molecule has 2 N–H and O–H groups in total. The van der Waals surface area contributed by atoms with Gasteiger partial charge in [0.15, 0.2) is 0 Å². The minimum absolute atomic E-state index is 0.112. The van der Waals surface area contributed by atoms with Gasteiger partial charge < -0.3 is 9.73 Å². The quantitative estimate of drug-likeness (QED) is 0.741. The molecule has 0 atom stereocenters. The Kier molecular flexibility index (Phi) is 2.49. The van der Waals surface area contributed by atoms with Gasteiger partial charge in [-0.25, -0.2) is 0 Å². The Morgan fingerprint density at radius 2 is 2.50 bits per heavy atom. The zero-order chi connectivity index (χ0) is 9.97. The number of anilines is 1. The average molecular weight is 195 g/mol. The first-order chi connectivity index (χ1) is 6.74. The third-order valence-corrected chi connectivity index (χ3v) is 1.99. The molecule has 0 saturated heterocycles. The normalized spacial score (nSPS) is 15.5. The van der Waals surface area contributed by atoms with Crippen molar-refractivity contribution < 1.29 is 9.21 Å². The summed E-state index contributed by atoms with van der Waals surface area (Å²) < 4.78 is 4.99. The number of carbonyl (C=O) groups is 1. The van der Waals surface area contributed by atoms with Crippen LogP contribution in [0.15, 0.2) is 10.7 Å². The fourth-order valence-electron chi connectivity index (χ4n) is 1.10. The number of nitrogens with zero attached hydrogens (tertiary/aromatic N) is 1. The van der Waals surface area contributed by atoms with E-state index >= 15 is 0 Å². The molecule has 1 fully saturated rings. The first kappa shape index (κ1) is 9.21. The Morgan fingerprint density at radius 1 is 1.71 bits per heavy atom. The number of amides is 1. The van der Waals surface area contributed by atoms with E-state index in [4.69, 9.17) is 4.42 Å². The number of hydrogen-bond donors (Lipinski definition) is 2. The number of aryl methyl sites for hydroxylation is 1. The van der Waals surface area contributed by atoms with Gasteiger partial charge in [0.25, 0.3) is 0 Å². The number of hydrogen-bond acceptors (Lipinski definition) is 4. The highest BCUT2D eigenvalue weighted by Gasteiger charge is 2.21. The van der Waals surface area contributed by atoms with Gasteiger partial charge in [-0.2, -0.15) is 4.98 Å². The van der Waals surface area contributed by atoms with Crippen molar-refractivity contribution in [3.63, 3.8) is 0 Å². The van der Waals surface area contributed by atoms with E-state index in [1.165, 1.54) is 19.1 Å². The topological polar surface area (TPSA) is 67.2 Å². The lowest BCUT2D eigenvalue weighted by Gasteiger charge is -2.01. The van der Waals surface area contributed by atoms with Crippen molar-refractivity contribution in [3.05, 3.63) is 12.0 Å².